The highest BCUT2D eigenvalue weighted by molar-refractivity contribution is 9.10. The number of hydrogen-bond acceptors (Lipinski definition) is 6. The zero-order chi connectivity index (χ0) is 14.1. The third kappa shape index (κ3) is 2.45. The molecule has 0 saturated carbocycles. The van der Waals surface area contributed by atoms with Gasteiger partial charge in [0.25, 0.3) is 0 Å². The fourth-order valence-electron chi connectivity index (χ4n) is 2.98. The smallest absolute Gasteiger partial charge is 0.220 e. The lowest BCUT2D eigenvalue weighted by Gasteiger charge is -2.42. The zero-order valence-corrected chi connectivity index (χ0v) is 12.6. The Bertz CT molecular complexity index is 525. The highest BCUT2D eigenvalue weighted by Gasteiger charge is 2.34. The van der Waals surface area contributed by atoms with Gasteiger partial charge in [-0.1, -0.05) is 0 Å². The molecular formula is C12H17BrN6O. The first-order chi connectivity index (χ1) is 9.69. The molecule has 2 aliphatic rings. The lowest BCUT2D eigenvalue weighted by atomic mass is 9.85. The van der Waals surface area contributed by atoms with Crippen molar-refractivity contribution in [2.75, 3.05) is 23.4 Å². The second kappa shape index (κ2) is 5.53. The largest absolute Gasteiger partial charge is 0.355 e. The number of piperidine rings is 2. The number of carbonyl (C=O) groups excluding carboxylic acids is 1. The standard InChI is InChI=1S/C12H17BrN6O/c13-10-11(18-14)15-6-16-12(10)19-4-3-8-7(5-19)1-2-9(20)17-8/h6-8H,1-5,14H2,(H,17,20)(H,15,16,18). The maximum absolute atomic E-state index is 11.4. The molecule has 0 radical (unpaired) electrons. The predicted molar refractivity (Wildman–Crippen MR) is 79.0 cm³/mol. The molecule has 2 unspecified atom stereocenters. The van der Waals surface area contributed by atoms with Crippen molar-refractivity contribution >= 4 is 33.5 Å². The Morgan fingerprint density at radius 3 is 3.10 bits per heavy atom. The Hall–Kier alpha value is -1.41. The Labute approximate surface area is 125 Å². The van der Waals surface area contributed by atoms with Gasteiger partial charge in [0.2, 0.25) is 5.91 Å². The molecule has 2 fully saturated rings. The van der Waals surface area contributed by atoms with E-state index < -0.39 is 0 Å². The van der Waals surface area contributed by atoms with Crippen molar-refractivity contribution in [2.24, 2.45) is 11.8 Å². The summed E-state index contributed by atoms with van der Waals surface area (Å²) in [5, 5.41) is 3.09. The summed E-state index contributed by atoms with van der Waals surface area (Å²) in [5.41, 5.74) is 2.56. The highest BCUT2D eigenvalue weighted by atomic mass is 79.9. The number of fused-ring (bicyclic) bond motifs is 1. The molecule has 0 spiro atoms. The first kappa shape index (κ1) is 13.6. The van der Waals surface area contributed by atoms with E-state index in [-0.39, 0.29) is 5.91 Å². The van der Waals surface area contributed by atoms with Crippen molar-refractivity contribution in [3.8, 4) is 0 Å². The molecule has 2 aliphatic heterocycles. The normalized spacial score (nSPS) is 25.9. The summed E-state index contributed by atoms with van der Waals surface area (Å²) >= 11 is 3.50. The Kier molecular flexibility index (Phi) is 3.75. The van der Waals surface area contributed by atoms with Crippen LogP contribution < -0.4 is 21.5 Å². The van der Waals surface area contributed by atoms with Gasteiger partial charge in [0.1, 0.15) is 16.6 Å². The first-order valence-electron chi connectivity index (χ1n) is 6.70. The summed E-state index contributed by atoms with van der Waals surface area (Å²) in [5.74, 6) is 7.52. The van der Waals surface area contributed by atoms with Gasteiger partial charge in [-0.3, -0.25) is 4.79 Å². The molecule has 1 aromatic rings. The molecule has 8 heteroatoms. The molecule has 3 rings (SSSR count). The average molecular weight is 341 g/mol. The summed E-state index contributed by atoms with van der Waals surface area (Å²) in [7, 11) is 0. The lowest BCUT2D eigenvalue weighted by Crippen LogP contribution is -2.54. The summed E-state index contributed by atoms with van der Waals surface area (Å²) in [6, 6.07) is 0.306. The minimum absolute atomic E-state index is 0.178. The SMILES string of the molecule is NNc1ncnc(N2CCC3NC(=O)CCC3C2)c1Br. The molecule has 2 atom stereocenters. The van der Waals surface area contributed by atoms with Crippen LogP contribution in [0.4, 0.5) is 11.6 Å². The third-order valence-corrected chi connectivity index (χ3v) is 4.76. The number of nitrogens with two attached hydrogens (primary N) is 1. The van der Waals surface area contributed by atoms with Gasteiger partial charge in [0, 0.05) is 25.6 Å². The quantitative estimate of drug-likeness (QED) is 0.539. The minimum atomic E-state index is 0.178. The summed E-state index contributed by atoms with van der Waals surface area (Å²) < 4.78 is 0.779. The van der Waals surface area contributed by atoms with Crippen LogP contribution in [0.5, 0.6) is 0 Å². The number of nitrogen functional groups attached to an aromatic ring is 1. The number of carbonyl (C=O) groups is 1. The van der Waals surface area contributed by atoms with Gasteiger partial charge in [-0.15, -0.1) is 0 Å². The van der Waals surface area contributed by atoms with Crippen molar-refractivity contribution in [3.63, 3.8) is 0 Å². The average Bonchev–Trinajstić information content (AvgIpc) is 2.47. The number of anilines is 2. The molecule has 20 heavy (non-hydrogen) atoms. The topological polar surface area (TPSA) is 96.2 Å². The number of nitrogens with one attached hydrogen (secondary N) is 2. The summed E-state index contributed by atoms with van der Waals surface area (Å²) in [6.45, 7) is 1.76. The van der Waals surface area contributed by atoms with Crippen LogP contribution in [0.3, 0.4) is 0 Å². The van der Waals surface area contributed by atoms with Crippen LogP contribution in [-0.2, 0) is 4.79 Å². The van der Waals surface area contributed by atoms with Crippen LogP contribution in [0.15, 0.2) is 10.8 Å². The van der Waals surface area contributed by atoms with Crippen LogP contribution in [-0.4, -0.2) is 35.0 Å². The van der Waals surface area contributed by atoms with Crippen molar-refractivity contribution in [3.05, 3.63) is 10.8 Å². The van der Waals surface area contributed by atoms with Crippen LogP contribution >= 0.6 is 15.9 Å². The van der Waals surface area contributed by atoms with E-state index in [0.29, 0.717) is 24.2 Å². The van der Waals surface area contributed by atoms with Crippen LogP contribution in [0, 0.1) is 5.92 Å². The number of hydrogen-bond donors (Lipinski definition) is 3. The summed E-state index contributed by atoms with van der Waals surface area (Å²) in [4.78, 5) is 22.1. The maximum atomic E-state index is 11.4. The predicted octanol–water partition coefficient (Wildman–Crippen LogP) is 0.630. The minimum Gasteiger partial charge on any atom is -0.355 e. The van der Waals surface area contributed by atoms with Gasteiger partial charge in [0.15, 0.2) is 5.82 Å². The molecule has 1 aromatic heterocycles. The Morgan fingerprint density at radius 2 is 2.30 bits per heavy atom. The van der Waals surface area contributed by atoms with Gasteiger partial charge in [-0.05, 0) is 34.7 Å². The summed E-state index contributed by atoms with van der Waals surface area (Å²) in [6.07, 6.45) is 4.01. The van der Waals surface area contributed by atoms with E-state index in [1.54, 1.807) is 0 Å². The van der Waals surface area contributed by atoms with Gasteiger partial charge in [-0.25, -0.2) is 15.8 Å². The van der Waals surface area contributed by atoms with Gasteiger partial charge < -0.3 is 15.6 Å². The molecule has 7 nitrogen and oxygen atoms in total. The van der Waals surface area contributed by atoms with E-state index in [0.717, 1.165) is 36.2 Å². The molecule has 0 aromatic carbocycles. The van der Waals surface area contributed by atoms with Gasteiger partial charge in [0.05, 0.1) is 0 Å². The number of nitrogens with zero attached hydrogens (tertiary/aromatic N) is 3. The number of rotatable bonds is 2. The molecule has 0 aliphatic carbocycles. The van der Waals surface area contributed by atoms with Crippen LogP contribution in [0.1, 0.15) is 19.3 Å². The van der Waals surface area contributed by atoms with E-state index in [9.17, 15) is 4.79 Å². The molecule has 2 saturated heterocycles. The van der Waals surface area contributed by atoms with Crippen molar-refractivity contribution in [1.29, 1.82) is 0 Å². The van der Waals surface area contributed by atoms with Gasteiger partial charge in [-0.2, -0.15) is 0 Å². The molecule has 3 heterocycles. The number of aromatic nitrogens is 2. The molecule has 108 valence electrons. The maximum Gasteiger partial charge on any atom is 0.220 e. The van der Waals surface area contributed by atoms with E-state index >= 15 is 0 Å². The van der Waals surface area contributed by atoms with E-state index in [2.05, 4.69) is 41.5 Å². The lowest BCUT2D eigenvalue weighted by molar-refractivity contribution is -0.124. The fraction of sp³-hybridized carbons (Fsp3) is 0.583. The third-order valence-electron chi connectivity index (χ3n) is 4.03. The number of halogens is 1. The second-order valence-corrected chi connectivity index (χ2v) is 6.00. The monoisotopic (exact) mass is 340 g/mol. The molecule has 0 bridgehead atoms. The number of hydrazine groups is 1. The van der Waals surface area contributed by atoms with Crippen molar-refractivity contribution in [2.45, 2.75) is 25.3 Å². The molecular weight excluding hydrogens is 324 g/mol. The molecule has 1 amide bonds. The van der Waals surface area contributed by atoms with Gasteiger partial charge >= 0.3 is 0 Å². The van der Waals surface area contributed by atoms with Crippen LogP contribution in [0.25, 0.3) is 0 Å². The molecule has 4 N–H and O–H groups in total. The second-order valence-electron chi connectivity index (χ2n) is 5.21. The van der Waals surface area contributed by atoms with Crippen molar-refractivity contribution < 1.29 is 4.79 Å². The first-order valence-corrected chi connectivity index (χ1v) is 7.49. The van der Waals surface area contributed by atoms with E-state index in [1.807, 2.05) is 0 Å². The zero-order valence-electron chi connectivity index (χ0n) is 11.0. The van der Waals surface area contributed by atoms with Crippen LogP contribution in [0.2, 0.25) is 0 Å². The Balaban J connectivity index is 1.78. The van der Waals surface area contributed by atoms with Crippen molar-refractivity contribution in [1.82, 2.24) is 15.3 Å². The van der Waals surface area contributed by atoms with E-state index in [4.69, 9.17) is 5.84 Å². The van der Waals surface area contributed by atoms with E-state index in [1.165, 1.54) is 6.33 Å². The Morgan fingerprint density at radius 1 is 1.45 bits per heavy atom. The fourth-order valence-corrected chi connectivity index (χ4v) is 3.55. The number of amides is 1. The highest BCUT2D eigenvalue weighted by Crippen LogP contribution is 2.33.